The molecule has 1 atom stereocenters. The molecule has 1 aliphatic rings. The number of azide groups is 1. The van der Waals surface area contributed by atoms with E-state index in [0.717, 1.165) is 11.4 Å². The Morgan fingerprint density at radius 3 is 3.05 bits per heavy atom. The van der Waals surface area contributed by atoms with Crippen molar-refractivity contribution >= 4 is 11.6 Å². The lowest BCUT2D eigenvalue weighted by Gasteiger charge is -2.11. The van der Waals surface area contributed by atoms with Crippen molar-refractivity contribution in [3.63, 3.8) is 0 Å². The van der Waals surface area contributed by atoms with Gasteiger partial charge in [-0.1, -0.05) is 29.7 Å². The Kier molecular flexibility index (Phi) is 2.97. The Morgan fingerprint density at radius 2 is 2.26 bits per heavy atom. The first-order valence-corrected chi connectivity index (χ1v) is 6.58. The van der Waals surface area contributed by atoms with Crippen molar-refractivity contribution in [2.75, 3.05) is 0 Å². The van der Waals surface area contributed by atoms with Crippen molar-refractivity contribution in [3.05, 3.63) is 57.1 Å². The maximum Gasteiger partial charge on any atom is 0.0525 e. The van der Waals surface area contributed by atoms with Gasteiger partial charge < -0.3 is 4.57 Å². The molecule has 19 heavy (non-hydrogen) atoms. The molecule has 0 fully saturated rings. The van der Waals surface area contributed by atoms with E-state index < -0.39 is 0 Å². The van der Waals surface area contributed by atoms with Crippen LogP contribution in [-0.4, -0.2) is 10.6 Å². The quantitative estimate of drug-likeness (QED) is 0.385. The van der Waals surface area contributed by atoms with Crippen LogP contribution in [0.4, 0.5) is 0 Å². The second kappa shape index (κ2) is 4.65. The van der Waals surface area contributed by atoms with Gasteiger partial charge in [0.2, 0.25) is 0 Å². The van der Waals surface area contributed by atoms with Crippen molar-refractivity contribution in [2.45, 2.75) is 25.9 Å². The molecule has 0 radical (unpaired) electrons. The molecule has 0 saturated carbocycles. The first-order valence-electron chi connectivity index (χ1n) is 6.20. The summed E-state index contributed by atoms with van der Waals surface area (Å²) in [5, 5.41) is 4.48. The average molecular weight is 273 g/mol. The number of nitrogens with zero attached hydrogens (tertiary/aromatic N) is 4. The zero-order chi connectivity index (χ0) is 13.4. The van der Waals surface area contributed by atoms with Crippen LogP contribution in [0.5, 0.6) is 0 Å². The van der Waals surface area contributed by atoms with E-state index in [1.54, 1.807) is 0 Å². The molecule has 1 aliphatic carbocycles. The number of benzene rings is 1. The fourth-order valence-corrected chi connectivity index (χ4v) is 2.85. The van der Waals surface area contributed by atoms with Crippen molar-refractivity contribution in [1.29, 1.82) is 0 Å². The summed E-state index contributed by atoms with van der Waals surface area (Å²) < 4.78 is 2.15. The molecule has 5 heteroatoms. The molecule has 1 aromatic carbocycles. The van der Waals surface area contributed by atoms with Gasteiger partial charge in [-0.2, -0.15) is 0 Å². The van der Waals surface area contributed by atoms with Crippen LogP contribution in [0.2, 0.25) is 5.02 Å². The van der Waals surface area contributed by atoms with E-state index in [2.05, 4.69) is 32.9 Å². The van der Waals surface area contributed by atoms with Gasteiger partial charge in [0.25, 0.3) is 0 Å². The van der Waals surface area contributed by atoms with E-state index >= 15 is 0 Å². The number of rotatable bonds is 3. The van der Waals surface area contributed by atoms with Gasteiger partial charge in [0.15, 0.2) is 0 Å². The summed E-state index contributed by atoms with van der Waals surface area (Å²) in [6, 6.07) is 8.09. The summed E-state index contributed by atoms with van der Waals surface area (Å²) in [6.07, 6.45) is 3.00. The number of aromatic nitrogens is 1. The fourth-order valence-electron chi connectivity index (χ4n) is 2.68. The smallest absolute Gasteiger partial charge is 0.0525 e. The second-order valence-electron chi connectivity index (χ2n) is 4.87. The molecule has 0 N–H and O–H groups in total. The summed E-state index contributed by atoms with van der Waals surface area (Å²) >= 11 is 6.09. The first-order chi connectivity index (χ1) is 9.19. The van der Waals surface area contributed by atoms with Crippen LogP contribution < -0.4 is 0 Å². The first kappa shape index (κ1) is 12.2. The highest BCUT2D eigenvalue weighted by Gasteiger charge is 2.22. The van der Waals surface area contributed by atoms with Crippen molar-refractivity contribution in [2.24, 2.45) is 5.11 Å². The van der Waals surface area contributed by atoms with Crippen LogP contribution >= 0.6 is 11.6 Å². The molecule has 96 valence electrons. The minimum Gasteiger partial charge on any atom is -0.347 e. The van der Waals surface area contributed by atoms with Gasteiger partial charge in [-0.15, -0.1) is 0 Å². The maximum absolute atomic E-state index is 8.48. The molecule has 0 unspecified atom stereocenters. The van der Waals surface area contributed by atoms with Gasteiger partial charge in [-0.3, -0.25) is 0 Å². The van der Waals surface area contributed by atoms with Gasteiger partial charge in [-0.05, 0) is 34.9 Å². The van der Waals surface area contributed by atoms with Crippen LogP contribution in [0.25, 0.3) is 21.7 Å². The highest BCUT2D eigenvalue weighted by Crippen LogP contribution is 2.38. The van der Waals surface area contributed by atoms with Gasteiger partial charge in [-0.25, -0.2) is 0 Å². The number of hydrogen-bond acceptors (Lipinski definition) is 1. The summed E-state index contributed by atoms with van der Waals surface area (Å²) in [7, 11) is 0. The van der Waals surface area contributed by atoms with Gasteiger partial charge >= 0.3 is 0 Å². The minimum absolute atomic E-state index is 0.0651. The molecule has 0 saturated heterocycles. The Bertz CT molecular complexity index is 683. The normalized spacial score (nSPS) is 13.6. The lowest BCUT2D eigenvalue weighted by molar-refractivity contribution is 0.594. The van der Waals surface area contributed by atoms with Gasteiger partial charge in [0.05, 0.1) is 11.7 Å². The van der Waals surface area contributed by atoms with E-state index in [-0.39, 0.29) is 6.04 Å². The number of hydrogen-bond donors (Lipinski definition) is 0. The topological polar surface area (TPSA) is 53.7 Å². The number of fused-ring (bicyclic) bond motifs is 3. The van der Waals surface area contributed by atoms with Crippen LogP contribution in [0.3, 0.4) is 0 Å². The third-order valence-corrected chi connectivity index (χ3v) is 3.70. The Balaban J connectivity index is 2.02. The highest BCUT2D eigenvalue weighted by molar-refractivity contribution is 6.30. The van der Waals surface area contributed by atoms with Crippen LogP contribution in [0.1, 0.15) is 18.1 Å². The molecular weight excluding hydrogens is 260 g/mol. The Hall–Kier alpha value is -1.90. The SMILES string of the molecule is C[C@H](Cn1ccc2c1-c1cc(Cl)ccc1C2)N=[N+]=[N-]. The Morgan fingerprint density at radius 1 is 1.42 bits per heavy atom. The van der Waals surface area contributed by atoms with Crippen LogP contribution in [-0.2, 0) is 13.0 Å². The van der Waals surface area contributed by atoms with Crippen LogP contribution in [0, 0.1) is 0 Å². The molecule has 0 aliphatic heterocycles. The lowest BCUT2D eigenvalue weighted by Crippen LogP contribution is -2.09. The summed E-state index contributed by atoms with van der Waals surface area (Å²) in [6.45, 7) is 2.60. The minimum atomic E-state index is -0.0651. The molecule has 3 rings (SSSR count). The van der Waals surface area contributed by atoms with Crippen molar-refractivity contribution in [3.8, 4) is 11.3 Å². The molecule has 2 aromatic rings. The molecule has 1 aromatic heterocycles. The van der Waals surface area contributed by atoms with Gasteiger partial charge in [0, 0.05) is 34.7 Å². The van der Waals surface area contributed by atoms with Gasteiger partial charge in [0.1, 0.15) is 0 Å². The molecule has 0 bridgehead atoms. The molecule has 0 spiro atoms. The highest BCUT2D eigenvalue weighted by atomic mass is 35.5. The molecular formula is C14H13ClN4. The molecule has 4 nitrogen and oxygen atoms in total. The molecule has 1 heterocycles. The lowest BCUT2D eigenvalue weighted by atomic mass is 10.1. The van der Waals surface area contributed by atoms with E-state index in [1.165, 1.54) is 22.4 Å². The summed E-state index contributed by atoms with van der Waals surface area (Å²) in [4.78, 5) is 2.86. The van der Waals surface area contributed by atoms with E-state index in [0.29, 0.717) is 6.54 Å². The van der Waals surface area contributed by atoms with Crippen molar-refractivity contribution in [1.82, 2.24) is 4.57 Å². The summed E-state index contributed by atoms with van der Waals surface area (Å²) in [5.41, 5.74) is 13.5. The van der Waals surface area contributed by atoms with E-state index in [4.69, 9.17) is 17.1 Å². The molecule has 0 amide bonds. The van der Waals surface area contributed by atoms with E-state index in [9.17, 15) is 0 Å². The van der Waals surface area contributed by atoms with Crippen molar-refractivity contribution < 1.29 is 0 Å². The standard InChI is InChI=1S/C14H13ClN4/c1-9(17-18-16)8-19-5-4-11-6-10-2-3-12(15)7-13(10)14(11)19/h2-5,7,9H,6,8H2,1H3/t9-/m1/s1. The van der Waals surface area contributed by atoms with Crippen LogP contribution in [0.15, 0.2) is 35.6 Å². The monoisotopic (exact) mass is 272 g/mol. The third kappa shape index (κ3) is 2.09. The predicted octanol–water partition coefficient (Wildman–Crippen LogP) is 4.41. The summed E-state index contributed by atoms with van der Waals surface area (Å²) in [5.74, 6) is 0. The average Bonchev–Trinajstić information content (AvgIpc) is 2.90. The second-order valence-corrected chi connectivity index (χ2v) is 5.31. The zero-order valence-corrected chi connectivity index (χ0v) is 11.3. The number of halogens is 1. The predicted molar refractivity (Wildman–Crippen MR) is 76.3 cm³/mol. The third-order valence-electron chi connectivity index (χ3n) is 3.46. The largest absolute Gasteiger partial charge is 0.347 e. The van der Waals surface area contributed by atoms with E-state index in [1.807, 2.05) is 19.1 Å². The Labute approximate surface area is 116 Å². The maximum atomic E-state index is 8.48. The zero-order valence-electron chi connectivity index (χ0n) is 10.5. The fraction of sp³-hybridized carbons (Fsp3) is 0.286.